The molecule has 0 saturated heterocycles. The van der Waals surface area contributed by atoms with E-state index in [-0.39, 0.29) is 11.3 Å². The van der Waals surface area contributed by atoms with Gasteiger partial charge in [-0.2, -0.15) is 0 Å². The smallest absolute Gasteiger partial charge is 0.273 e. The molecule has 1 aromatic heterocycles. The van der Waals surface area contributed by atoms with Crippen molar-refractivity contribution in [2.45, 2.75) is 19.4 Å². The number of nitrogens with zero attached hydrogens (tertiary/aromatic N) is 2. The van der Waals surface area contributed by atoms with Crippen molar-refractivity contribution in [1.29, 1.82) is 0 Å². The Kier molecular flexibility index (Phi) is 4.16. The second kappa shape index (κ2) is 5.83. The summed E-state index contributed by atoms with van der Waals surface area (Å²) >= 11 is 1.05. The van der Waals surface area contributed by atoms with E-state index in [9.17, 15) is 13.6 Å². The molecule has 2 rings (SSSR count). The van der Waals surface area contributed by atoms with Gasteiger partial charge in [-0.05, 0) is 36.2 Å². The van der Waals surface area contributed by atoms with Crippen LogP contribution in [0.1, 0.15) is 35.4 Å². The van der Waals surface area contributed by atoms with Crippen molar-refractivity contribution in [1.82, 2.24) is 14.9 Å². The monoisotopic (exact) mass is 283 g/mol. The summed E-state index contributed by atoms with van der Waals surface area (Å²) in [6.45, 7) is 1.77. The number of carbonyl (C=O) groups excluding carboxylic acids is 1. The van der Waals surface area contributed by atoms with Crippen LogP contribution in [0, 0.1) is 11.6 Å². The normalized spacial score (nSPS) is 12.2. The van der Waals surface area contributed by atoms with Gasteiger partial charge in [-0.15, -0.1) is 5.10 Å². The van der Waals surface area contributed by atoms with Gasteiger partial charge in [-0.1, -0.05) is 11.4 Å². The van der Waals surface area contributed by atoms with Gasteiger partial charge in [0.25, 0.3) is 5.91 Å². The van der Waals surface area contributed by atoms with Crippen LogP contribution in [0.25, 0.3) is 0 Å². The second-order valence-electron chi connectivity index (χ2n) is 3.89. The van der Waals surface area contributed by atoms with E-state index in [1.54, 1.807) is 6.92 Å². The van der Waals surface area contributed by atoms with Gasteiger partial charge in [0.05, 0.1) is 6.04 Å². The molecule has 7 heteroatoms. The summed E-state index contributed by atoms with van der Waals surface area (Å²) in [7, 11) is 0. The van der Waals surface area contributed by atoms with Crippen LogP contribution in [0.3, 0.4) is 0 Å². The molecule has 100 valence electrons. The molecule has 0 radical (unpaired) electrons. The summed E-state index contributed by atoms with van der Waals surface area (Å²) in [5.41, 5.74) is 0.291. The third kappa shape index (κ3) is 3.11. The van der Waals surface area contributed by atoms with Crippen molar-refractivity contribution in [2.24, 2.45) is 0 Å². The van der Waals surface area contributed by atoms with Crippen LogP contribution in [0.5, 0.6) is 0 Å². The van der Waals surface area contributed by atoms with Gasteiger partial charge >= 0.3 is 0 Å². The molecule has 4 nitrogen and oxygen atoms in total. The lowest BCUT2D eigenvalue weighted by Gasteiger charge is -2.17. The minimum atomic E-state index is -0.607. The summed E-state index contributed by atoms with van der Waals surface area (Å²) in [5, 5.41) is 7.73. The van der Waals surface area contributed by atoms with Gasteiger partial charge in [0.15, 0.2) is 5.69 Å². The Morgan fingerprint density at radius 2 is 2.26 bits per heavy atom. The van der Waals surface area contributed by atoms with Gasteiger partial charge in [0, 0.05) is 10.9 Å². The molecule has 0 aliphatic rings. The number of hydrogen-bond donors (Lipinski definition) is 1. The third-order valence-electron chi connectivity index (χ3n) is 2.64. The number of aromatic nitrogens is 2. The molecule has 19 heavy (non-hydrogen) atoms. The standard InChI is InChI=1S/C12H11F2N3OS/c1-2-10(8-5-7(13)3-4-9(8)14)15-12(18)11-6-19-17-16-11/h3-6,10H,2H2,1H3,(H,15,18)/t10-/m0/s1. The molecule has 1 atom stereocenters. The molecule has 0 fully saturated rings. The maximum absolute atomic E-state index is 13.7. The third-order valence-corrected chi connectivity index (χ3v) is 3.14. The zero-order valence-electron chi connectivity index (χ0n) is 10.1. The van der Waals surface area contributed by atoms with E-state index in [1.807, 2.05) is 0 Å². The zero-order valence-corrected chi connectivity index (χ0v) is 10.9. The van der Waals surface area contributed by atoms with Crippen molar-refractivity contribution in [3.63, 3.8) is 0 Å². The highest BCUT2D eigenvalue weighted by Crippen LogP contribution is 2.21. The first-order valence-corrected chi connectivity index (χ1v) is 6.48. The van der Waals surface area contributed by atoms with Crippen molar-refractivity contribution < 1.29 is 13.6 Å². The van der Waals surface area contributed by atoms with Crippen LogP contribution in [0.15, 0.2) is 23.6 Å². The van der Waals surface area contributed by atoms with Gasteiger partial charge < -0.3 is 5.32 Å². The topological polar surface area (TPSA) is 54.9 Å². The van der Waals surface area contributed by atoms with E-state index in [4.69, 9.17) is 0 Å². The van der Waals surface area contributed by atoms with Crippen LogP contribution in [0.2, 0.25) is 0 Å². The van der Waals surface area contributed by atoms with Gasteiger partial charge in [0.2, 0.25) is 0 Å². The molecule has 0 aliphatic carbocycles. The van der Waals surface area contributed by atoms with E-state index >= 15 is 0 Å². The summed E-state index contributed by atoms with van der Waals surface area (Å²) in [4.78, 5) is 11.8. The first-order valence-electron chi connectivity index (χ1n) is 5.64. The highest BCUT2D eigenvalue weighted by atomic mass is 32.1. The van der Waals surface area contributed by atoms with E-state index in [1.165, 1.54) is 5.38 Å². The SMILES string of the molecule is CC[C@H](NC(=O)c1csnn1)c1cc(F)ccc1F. The molecular formula is C12H11F2N3OS. The molecule has 0 unspecified atom stereocenters. The van der Waals surface area contributed by atoms with Crippen molar-refractivity contribution in [2.75, 3.05) is 0 Å². The van der Waals surface area contributed by atoms with E-state index in [0.29, 0.717) is 6.42 Å². The van der Waals surface area contributed by atoms with Crippen LogP contribution in [-0.4, -0.2) is 15.5 Å². The van der Waals surface area contributed by atoms with Crippen molar-refractivity contribution >= 4 is 17.4 Å². The largest absolute Gasteiger partial charge is 0.344 e. The van der Waals surface area contributed by atoms with Gasteiger partial charge in [-0.25, -0.2) is 8.78 Å². The van der Waals surface area contributed by atoms with Gasteiger partial charge in [-0.3, -0.25) is 4.79 Å². The van der Waals surface area contributed by atoms with Crippen LogP contribution in [0.4, 0.5) is 8.78 Å². The van der Waals surface area contributed by atoms with Gasteiger partial charge in [0.1, 0.15) is 11.6 Å². The molecule has 2 aromatic rings. The fourth-order valence-corrected chi connectivity index (χ4v) is 2.11. The summed E-state index contributed by atoms with van der Waals surface area (Å²) in [6.07, 6.45) is 0.434. The predicted molar refractivity (Wildman–Crippen MR) is 66.8 cm³/mol. The number of rotatable bonds is 4. The number of amides is 1. The molecule has 1 amide bonds. The fourth-order valence-electron chi connectivity index (χ4n) is 1.68. The Labute approximate surface area is 112 Å². The highest BCUT2D eigenvalue weighted by Gasteiger charge is 2.19. The molecule has 0 bridgehead atoms. The lowest BCUT2D eigenvalue weighted by Crippen LogP contribution is -2.29. The number of benzene rings is 1. The van der Waals surface area contributed by atoms with Crippen molar-refractivity contribution in [3.8, 4) is 0 Å². The Balaban J connectivity index is 2.20. The van der Waals surface area contributed by atoms with Crippen LogP contribution >= 0.6 is 11.5 Å². The second-order valence-corrected chi connectivity index (χ2v) is 4.50. The van der Waals surface area contributed by atoms with Crippen LogP contribution < -0.4 is 5.32 Å². The minimum absolute atomic E-state index is 0.124. The first kappa shape index (κ1) is 13.5. The quantitative estimate of drug-likeness (QED) is 0.938. The lowest BCUT2D eigenvalue weighted by atomic mass is 10.0. The summed E-state index contributed by atoms with van der Waals surface area (Å²) in [6, 6.07) is 2.56. The molecular weight excluding hydrogens is 272 g/mol. The number of halogens is 2. The maximum Gasteiger partial charge on any atom is 0.273 e. The molecule has 1 N–H and O–H groups in total. The lowest BCUT2D eigenvalue weighted by molar-refractivity contribution is 0.0930. The molecule has 0 saturated carbocycles. The molecule has 1 aromatic carbocycles. The molecule has 0 aliphatic heterocycles. The highest BCUT2D eigenvalue weighted by molar-refractivity contribution is 7.03. The zero-order chi connectivity index (χ0) is 13.8. The molecule has 1 heterocycles. The average molecular weight is 283 g/mol. The number of nitrogens with one attached hydrogen (secondary N) is 1. The fraction of sp³-hybridized carbons (Fsp3) is 0.250. The van der Waals surface area contributed by atoms with E-state index in [0.717, 1.165) is 29.7 Å². The van der Waals surface area contributed by atoms with E-state index in [2.05, 4.69) is 14.9 Å². The Hall–Kier alpha value is -1.89. The number of carbonyl (C=O) groups is 1. The Morgan fingerprint density at radius 3 is 2.89 bits per heavy atom. The average Bonchev–Trinajstić information content (AvgIpc) is 2.93. The first-order chi connectivity index (χ1) is 9.11. The van der Waals surface area contributed by atoms with Crippen LogP contribution in [-0.2, 0) is 0 Å². The number of hydrogen-bond acceptors (Lipinski definition) is 4. The summed E-state index contributed by atoms with van der Waals surface area (Å²) in [5.74, 6) is -1.55. The predicted octanol–water partition coefficient (Wildman–Crippen LogP) is 2.70. The van der Waals surface area contributed by atoms with E-state index < -0.39 is 23.6 Å². The minimum Gasteiger partial charge on any atom is -0.344 e. The van der Waals surface area contributed by atoms with Crippen molar-refractivity contribution in [3.05, 3.63) is 46.5 Å². The molecule has 0 spiro atoms. The Morgan fingerprint density at radius 1 is 1.47 bits per heavy atom. The Bertz CT molecular complexity index is 574. The summed E-state index contributed by atoms with van der Waals surface area (Å²) < 4.78 is 30.4. The maximum atomic E-state index is 13.7.